The number of amides is 1. The number of likely N-dealkylation sites (N-methyl/N-ethyl adjacent to an activating group) is 1. The number of ketones is 1. The molecule has 0 atom stereocenters. The van der Waals surface area contributed by atoms with Crippen LogP contribution in [0.2, 0.25) is 0 Å². The summed E-state index contributed by atoms with van der Waals surface area (Å²) < 4.78 is 0. The first kappa shape index (κ1) is 14.7. The van der Waals surface area contributed by atoms with Gasteiger partial charge in [0.25, 0.3) is 0 Å². The number of hydrogen-bond donors (Lipinski definition) is 1. The van der Waals surface area contributed by atoms with Gasteiger partial charge in [0.2, 0.25) is 5.91 Å². The van der Waals surface area contributed by atoms with Gasteiger partial charge in [-0.05, 0) is 6.42 Å². The van der Waals surface area contributed by atoms with E-state index in [1.165, 1.54) is 4.90 Å². The van der Waals surface area contributed by atoms with E-state index in [0.29, 0.717) is 0 Å². The Labute approximate surface area is 97.7 Å². The van der Waals surface area contributed by atoms with Crippen LogP contribution in [0.4, 0.5) is 0 Å². The van der Waals surface area contributed by atoms with Crippen LogP contribution in [0.3, 0.4) is 0 Å². The smallest absolute Gasteiger partial charge is 0.242 e. The summed E-state index contributed by atoms with van der Waals surface area (Å²) in [5.41, 5.74) is 0.830. The maximum absolute atomic E-state index is 11.6. The maximum atomic E-state index is 11.6. The molecule has 0 saturated carbocycles. The van der Waals surface area contributed by atoms with Gasteiger partial charge in [-0.15, -0.1) is 0 Å². The van der Waals surface area contributed by atoms with Gasteiger partial charge in [0, 0.05) is 18.7 Å². The minimum absolute atomic E-state index is 0.0335. The van der Waals surface area contributed by atoms with Crippen molar-refractivity contribution in [3.63, 3.8) is 0 Å². The second-order valence-corrected chi connectivity index (χ2v) is 4.18. The Bertz CT molecular complexity index is 272. The number of carbonyl (C=O) groups is 2. The van der Waals surface area contributed by atoms with Gasteiger partial charge in [0.05, 0.1) is 13.1 Å². The number of nitrogens with one attached hydrogen (secondary N) is 1. The Hall–Kier alpha value is -1.32. The van der Waals surface area contributed by atoms with Crippen LogP contribution in [0.1, 0.15) is 27.2 Å². The molecule has 0 aromatic rings. The molecule has 0 spiro atoms. The summed E-state index contributed by atoms with van der Waals surface area (Å²) >= 11 is 0. The zero-order chi connectivity index (χ0) is 12.7. The minimum Gasteiger partial charge on any atom is -0.380 e. The summed E-state index contributed by atoms with van der Waals surface area (Å²) in [6.45, 7) is 9.75. The first-order valence-corrected chi connectivity index (χ1v) is 5.56. The lowest BCUT2D eigenvalue weighted by Crippen LogP contribution is -2.39. The van der Waals surface area contributed by atoms with Crippen LogP contribution in [0.25, 0.3) is 0 Å². The fourth-order valence-electron chi connectivity index (χ4n) is 0.965. The van der Waals surface area contributed by atoms with Crippen LogP contribution in [-0.4, -0.2) is 36.7 Å². The maximum Gasteiger partial charge on any atom is 0.242 e. The van der Waals surface area contributed by atoms with Crippen molar-refractivity contribution in [1.29, 1.82) is 0 Å². The molecule has 0 aliphatic rings. The van der Waals surface area contributed by atoms with Crippen LogP contribution in [0.5, 0.6) is 0 Å². The van der Waals surface area contributed by atoms with E-state index in [1.54, 1.807) is 7.05 Å². The number of nitrogens with zero attached hydrogens (tertiary/aromatic N) is 1. The topological polar surface area (TPSA) is 49.4 Å². The molecule has 92 valence electrons. The van der Waals surface area contributed by atoms with E-state index in [-0.39, 0.29) is 30.7 Å². The van der Waals surface area contributed by atoms with Crippen LogP contribution >= 0.6 is 0 Å². The Balaban J connectivity index is 4.00. The second-order valence-electron chi connectivity index (χ2n) is 4.18. The van der Waals surface area contributed by atoms with Gasteiger partial charge < -0.3 is 10.2 Å². The van der Waals surface area contributed by atoms with Gasteiger partial charge in [-0.2, -0.15) is 0 Å². The van der Waals surface area contributed by atoms with Gasteiger partial charge in [0.15, 0.2) is 5.78 Å². The lowest BCUT2D eigenvalue weighted by molar-refractivity contribution is -0.134. The molecule has 0 saturated heterocycles. The molecule has 0 aliphatic heterocycles. The minimum atomic E-state index is -0.0939. The zero-order valence-electron chi connectivity index (χ0n) is 10.7. The number of Topliss-reactive ketones (excluding diaryl/α,β-unsaturated/α-hetero) is 1. The van der Waals surface area contributed by atoms with E-state index in [2.05, 4.69) is 11.9 Å². The van der Waals surface area contributed by atoms with Crippen molar-refractivity contribution in [2.75, 3.05) is 20.1 Å². The fraction of sp³-hybridized carbons (Fsp3) is 0.667. The quantitative estimate of drug-likeness (QED) is 0.709. The van der Waals surface area contributed by atoms with Crippen molar-refractivity contribution in [3.8, 4) is 0 Å². The number of hydrogen-bond acceptors (Lipinski definition) is 3. The monoisotopic (exact) mass is 226 g/mol. The predicted octanol–water partition coefficient (Wildman–Crippen LogP) is 1.18. The van der Waals surface area contributed by atoms with E-state index in [1.807, 2.05) is 20.8 Å². The summed E-state index contributed by atoms with van der Waals surface area (Å²) in [6.07, 6.45) is 0.794. The summed E-state index contributed by atoms with van der Waals surface area (Å²) in [5, 5.41) is 2.92. The van der Waals surface area contributed by atoms with Gasteiger partial charge in [0.1, 0.15) is 0 Å². The molecule has 0 aliphatic carbocycles. The normalized spacial score (nSPS) is 10.1. The highest BCUT2D eigenvalue weighted by molar-refractivity contribution is 5.87. The molecule has 16 heavy (non-hydrogen) atoms. The molecule has 0 heterocycles. The molecule has 0 unspecified atom stereocenters. The molecule has 4 heteroatoms. The van der Waals surface area contributed by atoms with E-state index < -0.39 is 0 Å². The van der Waals surface area contributed by atoms with Gasteiger partial charge in [-0.3, -0.25) is 9.59 Å². The molecular formula is C12H22N2O2. The largest absolute Gasteiger partial charge is 0.380 e. The van der Waals surface area contributed by atoms with Crippen LogP contribution in [-0.2, 0) is 9.59 Å². The zero-order valence-corrected chi connectivity index (χ0v) is 10.7. The third kappa shape index (κ3) is 5.53. The van der Waals surface area contributed by atoms with Crippen molar-refractivity contribution >= 4 is 11.7 Å². The average Bonchev–Trinajstić information content (AvgIpc) is 2.24. The number of rotatable bonds is 7. The molecule has 0 aromatic heterocycles. The van der Waals surface area contributed by atoms with Crippen LogP contribution in [0.15, 0.2) is 12.3 Å². The summed E-state index contributed by atoms with van der Waals surface area (Å²) in [7, 11) is 1.64. The second kappa shape index (κ2) is 7.04. The molecule has 0 aromatic carbocycles. The first-order chi connectivity index (χ1) is 7.38. The van der Waals surface area contributed by atoms with Crippen molar-refractivity contribution in [1.82, 2.24) is 10.2 Å². The van der Waals surface area contributed by atoms with E-state index >= 15 is 0 Å². The summed E-state index contributed by atoms with van der Waals surface area (Å²) in [4.78, 5) is 24.5. The number of allylic oxidation sites excluding steroid dienone is 1. The van der Waals surface area contributed by atoms with Crippen molar-refractivity contribution in [2.45, 2.75) is 27.2 Å². The van der Waals surface area contributed by atoms with Crippen molar-refractivity contribution in [3.05, 3.63) is 12.3 Å². The molecule has 4 nitrogen and oxygen atoms in total. The van der Waals surface area contributed by atoms with E-state index in [0.717, 1.165) is 12.1 Å². The highest BCUT2D eigenvalue weighted by atomic mass is 16.2. The molecule has 0 bridgehead atoms. The molecule has 0 radical (unpaired) electrons. The summed E-state index contributed by atoms with van der Waals surface area (Å²) in [6, 6.07) is 0. The Morgan fingerprint density at radius 1 is 1.38 bits per heavy atom. The van der Waals surface area contributed by atoms with E-state index in [4.69, 9.17) is 0 Å². The standard InChI is InChI=1S/C12H22N2O2/c1-6-10(4)13-7-12(16)14(5)8-11(15)9(2)3/h9,13H,4,6-8H2,1-3,5H3. The van der Waals surface area contributed by atoms with Crippen LogP contribution < -0.4 is 5.32 Å². The molecule has 0 rings (SSSR count). The summed E-state index contributed by atoms with van der Waals surface area (Å²) in [5.74, 6) is -0.0532. The average molecular weight is 226 g/mol. The lowest BCUT2D eigenvalue weighted by Gasteiger charge is -2.18. The molecule has 0 fully saturated rings. The highest BCUT2D eigenvalue weighted by Crippen LogP contribution is 1.97. The highest BCUT2D eigenvalue weighted by Gasteiger charge is 2.14. The Morgan fingerprint density at radius 2 is 1.94 bits per heavy atom. The first-order valence-electron chi connectivity index (χ1n) is 5.56. The fourth-order valence-corrected chi connectivity index (χ4v) is 0.965. The lowest BCUT2D eigenvalue weighted by atomic mass is 10.1. The third-order valence-electron chi connectivity index (χ3n) is 2.38. The Morgan fingerprint density at radius 3 is 2.38 bits per heavy atom. The SMILES string of the molecule is C=C(CC)NCC(=O)N(C)CC(=O)C(C)C. The van der Waals surface area contributed by atoms with Gasteiger partial charge >= 0.3 is 0 Å². The van der Waals surface area contributed by atoms with E-state index in [9.17, 15) is 9.59 Å². The van der Waals surface area contributed by atoms with Crippen molar-refractivity contribution in [2.24, 2.45) is 5.92 Å². The third-order valence-corrected chi connectivity index (χ3v) is 2.38. The van der Waals surface area contributed by atoms with Gasteiger partial charge in [-0.1, -0.05) is 27.4 Å². The molecule has 1 amide bonds. The van der Waals surface area contributed by atoms with Crippen LogP contribution in [0, 0.1) is 5.92 Å². The van der Waals surface area contributed by atoms with Crippen molar-refractivity contribution < 1.29 is 9.59 Å². The molecular weight excluding hydrogens is 204 g/mol. The predicted molar refractivity (Wildman–Crippen MR) is 64.9 cm³/mol. The van der Waals surface area contributed by atoms with Gasteiger partial charge in [-0.25, -0.2) is 0 Å². The number of carbonyl (C=O) groups excluding carboxylic acids is 2. The Kier molecular flexibility index (Phi) is 6.46. The molecule has 1 N–H and O–H groups in total.